The molecule has 1 aromatic rings. The normalized spacial score (nSPS) is 30.9. The zero-order valence-electron chi connectivity index (χ0n) is 12.6. The molecule has 2 N–H and O–H groups in total. The molecule has 0 bridgehead atoms. The fraction of sp³-hybridized carbons (Fsp3) is 0.500. The largest absolute Gasteiger partial charge is 0.386 e. The number of rotatable bonds is 3. The Morgan fingerprint density at radius 1 is 1.36 bits per heavy atom. The van der Waals surface area contributed by atoms with Gasteiger partial charge in [0.15, 0.2) is 9.84 Å². The van der Waals surface area contributed by atoms with Crippen LogP contribution in [-0.4, -0.2) is 38.5 Å². The molecule has 0 fully saturated rings. The first kappa shape index (κ1) is 16.8. The van der Waals surface area contributed by atoms with Crippen LogP contribution in [0.25, 0.3) is 0 Å². The molecule has 22 heavy (non-hydrogen) atoms. The van der Waals surface area contributed by atoms with E-state index in [4.69, 9.17) is 10.5 Å². The lowest BCUT2D eigenvalue weighted by Crippen LogP contribution is -2.59. The number of aliphatic imine (C=N–C) groups is 1. The Morgan fingerprint density at radius 2 is 2.00 bits per heavy atom. The summed E-state index contributed by atoms with van der Waals surface area (Å²) in [5.74, 6) is -2.06. The van der Waals surface area contributed by atoms with Crippen LogP contribution >= 0.6 is 0 Å². The number of methoxy groups -OCH3 is 1. The van der Waals surface area contributed by atoms with E-state index < -0.39 is 37.5 Å². The third-order valence-corrected chi connectivity index (χ3v) is 6.64. The molecule has 122 valence electrons. The molecule has 2 rings (SSSR count). The lowest BCUT2D eigenvalue weighted by molar-refractivity contribution is 0.186. The van der Waals surface area contributed by atoms with Crippen LogP contribution in [0.3, 0.4) is 0 Å². The van der Waals surface area contributed by atoms with Crippen molar-refractivity contribution in [3.8, 4) is 0 Å². The molecule has 0 saturated heterocycles. The molecule has 0 aliphatic carbocycles. The molecule has 0 saturated carbocycles. The Labute approximate surface area is 128 Å². The van der Waals surface area contributed by atoms with Crippen molar-refractivity contribution in [3.63, 3.8) is 0 Å². The standard InChI is InChI=1S/C14H18F2N2O3S/c1-13(10-6-9(15)4-5-11(10)16)8-22(19,20)14(2,7-21-3)12(17)18-13/h4-6H,7-8H2,1-3H3,(H2,17,18)/t13-,14-/m0/s1. The Kier molecular flexibility index (Phi) is 4.03. The van der Waals surface area contributed by atoms with Crippen LogP contribution in [0.2, 0.25) is 0 Å². The quantitative estimate of drug-likeness (QED) is 0.906. The molecule has 1 aliphatic heterocycles. The predicted molar refractivity (Wildman–Crippen MR) is 79.4 cm³/mol. The van der Waals surface area contributed by atoms with Crippen LogP contribution in [0, 0.1) is 11.6 Å². The van der Waals surface area contributed by atoms with Gasteiger partial charge < -0.3 is 10.5 Å². The van der Waals surface area contributed by atoms with Gasteiger partial charge in [-0.05, 0) is 32.0 Å². The van der Waals surface area contributed by atoms with E-state index in [9.17, 15) is 17.2 Å². The number of benzene rings is 1. The minimum atomic E-state index is -3.79. The SMILES string of the molecule is COC[C@@]1(C)C(N)=N[C@](C)(c2cc(F)ccc2F)CS1(=O)=O. The highest BCUT2D eigenvalue weighted by molar-refractivity contribution is 7.93. The molecule has 8 heteroatoms. The van der Waals surface area contributed by atoms with Gasteiger partial charge in [-0.2, -0.15) is 0 Å². The zero-order valence-corrected chi connectivity index (χ0v) is 13.4. The van der Waals surface area contributed by atoms with Gasteiger partial charge in [0.2, 0.25) is 0 Å². The summed E-state index contributed by atoms with van der Waals surface area (Å²) < 4.78 is 56.2. The third-order valence-electron chi connectivity index (χ3n) is 3.99. The average Bonchev–Trinajstić information content (AvgIpc) is 2.39. The first-order chi connectivity index (χ1) is 10.1. The second-order valence-electron chi connectivity index (χ2n) is 5.82. The molecular formula is C14H18F2N2O3S. The topological polar surface area (TPSA) is 81.8 Å². The predicted octanol–water partition coefficient (Wildman–Crippen LogP) is 1.37. The maximum atomic E-state index is 14.0. The van der Waals surface area contributed by atoms with Crippen molar-refractivity contribution in [2.24, 2.45) is 10.7 Å². The van der Waals surface area contributed by atoms with Crippen molar-refractivity contribution < 1.29 is 21.9 Å². The van der Waals surface area contributed by atoms with E-state index >= 15 is 0 Å². The van der Waals surface area contributed by atoms with Gasteiger partial charge in [-0.15, -0.1) is 0 Å². The summed E-state index contributed by atoms with van der Waals surface area (Å²) in [6, 6.07) is 2.85. The molecule has 0 radical (unpaired) electrons. The van der Waals surface area contributed by atoms with Gasteiger partial charge in [-0.25, -0.2) is 17.2 Å². The Morgan fingerprint density at radius 3 is 2.55 bits per heavy atom. The number of nitrogens with zero attached hydrogens (tertiary/aromatic N) is 1. The molecule has 1 heterocycles. The fourth-order valence-corrected chi connectivity index (χ4v) is 4.53. The van der Waals surface area contributed by atoms with E-state index in [1.54, 1.807) is 0 Å². The van der Waals surface area contributed by atoms with E-state index in [-0.39, 0.29) is 18.0 Å². The molecular weight excluding hydrogens is 314 g/mol. The number of sulfone groups is 1. The van der Waals surface area contributed by atoms with Crippen LogP contribution in [-0.2, 0) is 20.1 Å². The maximum Gasteiger partial charge on any atom is 0.167 e. The van der Waals surface area contributed by atoms with E-state index in [0.29, 0.717) is 0 Å². The summed E-state index contributed by atoms with van der Waals surface area (Å²) >= 11 is 0. The van der Waals surface area contributed by atoms with Crippen LogP contribution in [0.15, 0.2) is 23.2 Å². The first-order valence-corrected chi connectivity index (χ1v) is 8.23. The molecule has 0 spiro atoms. The van der Waals surface area contributed by atoms with Crippen LogP contribution < -0.4 is 5.73 Å². The van der Waals surface area contributed by atoms with Gasteiger partial charge >= 0.3 is 0 Å². The summed E-state index contributed by atoms with van der Waals surface area (Å²) in [5, 5.41) is 0. The van der Waals surface area contributed by atoms with Crippen molar-refractivity contribution in [1.29, 1.82) is 0 Å². The van der Waals surface area contributed by atoms with Crippen LogP contribution in [0.5, 0.6) is 0 Å². The first-order valence-electron chi connectivity index (χ1n) is 6.58. The van der Waals surface area contributed by atoms with E-state index in [0.717, 1.165) is 18.2 Å². The number of hydrogen-bond acceptors (Lipinski definition) is 5. The fourth-order valence-electron chi connectivity index (χ4n) is 2.59. The van der Waals surface area contributed by atoms with Gasteiger partial charge in [0.25, 0.3) is 0 Å². The Bertz CT molecular complexity index is 736. The van der Waals surface area contributed by atoms with Gasteiger partial charge in [0.1, 0.15) is 27.8 Å². The smallest absolute Gasteiger partial charge is 0.167 e. The lowest BCUT2D eigenvalue weighted by atomic mass is 9.93. The number of nitrogens with two attached hydrogens (primary N) is 1. The van der Waals surface area contributed by atoms with Crippen LogP contribution in [0.1, 0.15) is 19.4 Å². The minimum absolute atomic E-state index is 0.140. The molecule has 1 aromatic carbocycles. The van der Waals surface area contributed by atoms with Crippen LogP contribution in [0.4, 0.5) is 8.78 Å². The van der Waals surface area contributed by atoms with Crippen molar-refractivity contribution in [2.45, 2.75) is 24.1 Å². The van der Waals surface area contributed by atoms with E-state index in [2.05, 4.69) is 4.99 Å². The Balaban J connectivity index is 2.65. The van der Waals surface area contributed by atoms with Crippen molar-refractivity contribution in [3.05, 3.63) is 35.4 Å². The Hall–Kier alpha value is -1.54. The number of ether oxygens (including phenoxy) is 1. The molecule has 0 amide bonds. The average molecular weight is 332 g/mol. The van der Waals surface area contributed by atoms with E-state index in [1.807, 2.05) is 0 Å². The van der Waals surface area contributed by atoms with Crippen molar-refractivity contribution >= 4 is 15.7 Å². The second-order valence-corrected chi connectivity index (χ2v) is 8.24. The molecule has 5 nitrogen and oxygen atoms in total. The zero-order chi connectivity index (χ0) is 16.8. The van der Waals surface area contributed by atoms with Gasteiger partial charge in [0, 0.05) is 12.7 Å². The van der Waals surface area contributed by atoms with Gasteiger partial charge in [-0.1, -0.05) is 0 Å². The highest BCUT2D eigenvalue weighted by Gasteiger charge is 2.52. The summed E-state index contributed by atoms with van der Waals surface area (Å²) in [7, 11) is -2.43. The summed E-state index contributed by atoms with van der Waals surface area (Å²) in [6.45, 7) is 2.67. The molecule has 1 aliphatic rings. The molecule has 0 aromatic heterocycles. The van der Waals surface area contributed by atoms with Gasteiger partial charge in [-0.3, -0.25) is 4.99 Å². The molecule has 2 atom stereocenters. The second kappa shape index (κ2) is 5.27. The highest BCUT2D eigenvalue weighted by Crippen LogP contribution is 2.38. The summed E-state index contributed by atoms with van der Waals surface area (Å²) in [5.41, 5.74) is 4.23. The van der Waals surface area contributed by atoms with E-state index in [1.165, 1.54) is 21.0 Å². The monoisotopic (exact) mass is 332 g/mol. The van der Waals surface area contributed by atoms with Crippen molar-refractivity contribution in [2.75, 3.05) is 19.5 Å². The van der Waals surface area contributed by atoms with Gasteiger partial charge in [0.05, 0.1) is 12.4 Å². The number of hydrogen-bond donors (Lipinski definition) is 1. The number of halogens is 2. The summed E-state index contributed by atoms with van der Waals surface area (Å²) in [6.07, 6.45) is 0. The maximum absolute atomic E-state index is 14.0. The highest BCUT2D eigenvalue weighted by atomic mass is 32.2. The third kappa shape index (κ3) is 2.50. The lowest BCUT2D eigenvalue weighted by Gasteiger charge is -2.39. The molecule has 0 unspecified atom stereocenters. The minimum Gasteiger partial charge on any atom is -0.386 e. The number of amidine groups is 1. The van der Waals surface area contributed by atoms with Crippen molar-refractivity contribution in [1.82, 2.24) is 0 Å². The summed E-state index contributed by atoms with van der Waals surface area (Å²) in [4.78, 5) is 4.18.